The Balaban J connectivity index is 1.19. The number of ether oxygens (including phenoxy) is 3. The summed E-state index contributed by atoms with van der Waals surface area (Å²) >= 11 is 0. The van der Waals surface area contributed by atoms with E-state index in [2.05, 4.69) is 109 Å². The molecule has 0 spiro atoms. The summed E-state index contributed by atoms with van der Waals surface area (Å²) in [5.41, 5.74) is 10.7. The van der Waals surface area contributed by atoms with Gasteiger partial charge in [-0.2, -0.15) is 0 Å². The van der Waals surface area contributed by atoms with E-state index in [4.69, 9.17) is 14.2 Å². The van der Waals surface area contributed by atoms with Crippen molar-refractivity contribution in [2.75, 3.05) is 20.3 Å². The van der Waals surface area contributed by atoms with E-state index in [-0.39, 0.29) is 6.10 Å². The minimum absolute atomic E-state index is 0.245. The van der Waals surface area contributed by atoms with Crippen LogP contribution in [-0.4, -0.2) is 37.5 Å². The second kappa shape index (κ2) is 15.5. The SMILES string of the molecule is COC(Cc1ccc(OCCOC2c3ccc(Cc4ccccc4)cc3C=Cc3ccc(CCc4ccccc4)cc32)cc1)C(=O)O. The molecular formula is C42H40O5. The molecule has 0 radical (unpaired) electrons. The largest absolute Gasteiger partial charge is 0.491 e. The number of methoxy groups -OCH3 is 1. The van der Waals surface area contributed by atoms with Gasteiger partial charge in [0.05, 0.1) is 6.61 Å². The van der Waals surface area contributed by atoms with Crippen LogP contribution in [0.4, 0.5) is 0 Å². The molecule has 47 heavy (non-hydrogen) atoms. The van der Waals surface area contributed by atoms with Crippen molar-refractivity contribution < 1.29 is 24.1 Å². The van der Waals surface area contributed by atoms with Crippen LogP contribution in [0.5, 0.6) is 5.75 Å². The third-order valence-electron chi connectivity index (χ3n) is 8.65. The number of hydrogen-bond acceptors (Lipinski definition) is 4. The zero-order valence-electron chi connectivity index (χ0n) is 26.7. The van der Waals surface area contributed by atoms with Gasteiger partial charge in [-0.15, -0.1) is 0 Å². The second-order valence-electron chi connectivity index (χ2n) is 11.9. The lowest BCUT2D eigenvalue weighted by molar-refractivity contribution is -0.148. The second-order valence-corrected chi connectivity index (χ2v) is 11.9. The first-order valence-corrected chi connectivity index (χ1v) is 16.2. The Bertz CT molecular complexity index is 1800. The molecule has 0 fully saturated rings. The summed E-state index contributed by atoms with van der Waals surface area (Å²) in [5, 5.41) is 9.28. The third-order valence-corrected chi connectivity index (χ3v) is 8.65. The fourth-order valence-electron chi connectivity index (χ4n) is 6.10. The summed E-state index contributed by atoms with van der Waals surface area (Å²) < 4.78 is 17.8. The maximum atomic E-state index is 11.3. The van der Waals surface area contributed by atoms with Crippen molar-refractivity contribution >= 4 is 18.1 Å². The van der Waals surface area contributed by atoms with E-state index in [1.165, 1.54) is 29.4 Å². The Kier molecular flexibility index (Phi) is 10.6. The van der Waals surface area contributed by atoms with E-state index in [1.54, 1.807) is 0 Å². The van der Waals surface area contributed by atoms with E-state index < -0.39 is 12.1 Å². The van der Waals surface area contributed by atoms with Gasteiger partial charge in [0.15, 0.2) is 6.10 Å². The van der Waals surface area contributed by atoms with Crippen LogP contribution in [-0.2, 0) is 40.0 Å². The van der Waals surface area contributed by atoms with Gasteiger partial charge in [0, 0.05) is 13.5 Å². The highest BCUT2D eigenvalue weighted by atomic mass is 16.5. The Hall–Kier alpha value is -4.97. The lowest BCUT2D eigenvalue weighted by Gasteiger charge is -2.22. The van der Waals surface area contributed by atoms with Gasteiger partial charge in [0.2, 0.25) is 0 Å². The number of aryl methyl sites for hydroxylation is 2. The molecule has 0 aromatic heterocycles. The first kappa shape index (κ1) is 32.0. The van der Waals surface area contributed by atoms with Crippen LogP contribution in [0.25, 0.3) is 12.2 Å². The molecule has 5 heteroatoms. The molecule has 5 aromatic carbocycles. The molecule has 0 saturated carbocycles. The summed E-state index contributed by atoms with van der Waals surface area (Å²) in [5.74, 6) is -0.267. The number of aliphatic carboxylic acids is 1. The molecule has 1 N–H and O–H groups in total. The fraction of sp³-hybridized carbons (Fsp3) is 0.214. The van der Waals surface area contributed by atoms with E-state index in [0.717, 1.165) is 47.1 Å². The van der Waals surface area contributed by atoms with Gasteiger partial charge in [-0.05, 0) is 81.5 Å². The highest BCUT2D eigenvalue weighted by Crippen LogP contribution is 2.37. The standard InChI is InChI=1S/C42H40O5/c1-45-40(42(43)44)29-33-15-21-37(22-16-33)46-24-25-47-41-38-23-17-34(26-31-10-6-3-7-11-31)27-36(38)20-19-35-18-14-32(28-39(35)41)13-12-30-8-4-2-5-9-30/h2-11,14-23,27-28,40-41H,12-13,24-26,29H2,1H3,(H,43,44). The quantitative estimate of drug-likeness (QED) is 0.126. The highest BCUT2D eigenvalue weighted by Gasteiger charge is 2.23. The number of fused-ring (bicyclic) bond motifs is 2. The molecule has 1 aliphatic rings. The normalized spacial score (nSPS) is 14.1. The van der Waals surface area contributed by atoms with Crippen molar-refractivity contribution in [1.29, 1.82) is 0 Å². The average molecular weight is 625 g/mol. The molecular weight excluding hydrogens is 584 g/mol. The smallest absolute Gasteiger partial charge is 0.333 e. The fourth-order valence-corrected chi connectivity index (χ4v) is 6.10. The molecule has 2 atom stereocenters. The Morgan fingerprint density at radius 2 is 1.32 bits per heavy atom. The van der Waals surface area contributed by atoms with Gasteiger partial charge in [-0.3, -0.25) is 0 Å². The van der Waals surface area contributed by atoms with Gasteiger partial charge in [-0.1, -0.05) is 121 Å². The molecule has 6 rings (SSSR count). The Morgan fingerprint density at radius 3 is 2.04 bits per heavy atom. The minimum atomic E-state index is -0.974. The van der Waals surface area contributed by atoms with Gasteiger partial charge < -0.3 is 19.3 Å². The molecule has 2 unspecified atom stereocenters. The number of carbonyl (C=O) groups is 1. The van der Waals surface area contributed by atoms with Gasteiger partial charge in [-0.25, -0.2) is 4.79 Å². The molecule has 238 valence electrons. The summed E-state index contributed by atoms with van der Waals surface area (Å²) in [6.45, 7) is 0.777. The topological polar surface area (TPSA) is 65.0 Å². The maximum absolute atomic E-state index is 11.3. The molecule has 1 aliphatic carbocycles. The summed E-state index contributed by atoms with van der Waals surface area (Å²) in [6.07, 6.45) is 6.41. The van der Waals surface area contributed by atoms with Gasteiger partial charge in [0.25, 0.3) is 0 Å². The number of carboxylic acid groups (broad SMARTS) is 1. The molecule has 0 aliphatic heterocycles. The highest BCUT2D eigenvalue weighted by molar-refractivity contribution is 5.77. The molecule has 5 aromatic rings. The average Bonchev–Trinajstić information content (AvgIpc) is 3.25. The predicted octanol–water partition coefficient (Wildman–Crippen LogP) is 8.37. The van der Waals surface area contributed by atoms with Crippen LogP contribution in [0, 0.1) is 0 Å². The zero-order valence-corrected chi connectivity index (χ0v) is 26.7. The van der Waals surface area contributed by atoms with Crippen LogP contribution >= 0.6 is 0 Å². The predicted molar refractivity (Wildman–Crippen MR) is 187 cm³/mol. The van der Waals surface area contributed by atoms with Crippen LogP contribution < -0.4 is 4.74 Å². The van der Waals surface area contributed by atoms with Crippen molar-refractivity contribution in [3.63, 3.8) is 0 Å². The van der Waals surface area contributed by atoms with Gasteiger partial charge in [0.1, 0.15) is 18.5 Å². The number of rotatable bonds is 14. The van der Waals surface area contributed by atoms with E-state index in [9.17, 15) is 9.90 Å². The van der Waals surface area contributed by atoms with Crippen LogP contribution in [0.3, 0.4) is 0 Å². The molecule has 0 saturated heterocycles. The first-order valence-electron chi connectivity index (χ1n) is 16.2. The maximum Gasteiger partial charge on any atom is 0.333 e. The van der Waals surface area contributed by atoms with Crippen molar-refractivity contribution in [3.05, 3.63) is 171 Å². The van der Waals surface area contributed by atoms with Crippen LogP contribution in [0.2, 0.25) is 0 Å². The van der Waals surface area contributed by atoms with Gasteiger partial charge >= 0.3 is 5.97 Å². The van der Waals surface area contributed by atoms with Crippen molar-refractivity contribution in [2.24, 2.45) is 0 Å². The van der Waals surface area contributed by atoms with Crippen molar-refractivity contribution in [3.8, 4) is 5.75 Å². The number of benzene rings is 5. The van der Waals surface area contributed by atoms with Crippen molar-refractivity contribution in [1.82, 2.24) is 0 Å². The molecule has 5 nitrogen and oxygen atoms in total. The summed E-state index contributed by atoms with van der Waals surface area (Å²) in [7, 11) is 1.41. The zero-order chi connectivity index (χ0) is 32.4. The third kappa shape index (κ3) is 8.44. The van der Waals surface area contributed by atoms with Crippen LogP contribution in [0.1, 0.15) is 56.2 Å². The lowest BCUT2D eigenvalue weighted by Crippen LogP contribution is -2.24. The number of hydrogen-bond donors (Lipinski definition) is 1. The molecule has 0 heterocycles. The minimum Gasteiger partial charge on any atom is -0.491 e. The molecule has 0 amide bonds. The molecule has 0 bridgehead atoms. The summed E-state index contributed by atoms with van der Waals surface area (Å²) in [4.78, 5) is 11.3. The van der Waals surface area contributed by atoms with E-state index in [0.29, 0.717) is 25.4 Å². The van der Waals surface area contributed by atoms with Crippen LogP contribution in [0.15, 0.2) is 121 Å². The monoisotopic (exact) mass is 624 g/mol. The number of carboxylic acids is 1. The lowest BCUT2D eigenvalue weighted by atomic mass is 9.92. The summed E-state index contributed by atoms with van der Waals surface area (Å²) in [6, 6.07) is 42.1. The van der Waals surface area contributed by atoms with Crippen molar-refractivity contribution in [2.45, 2.75) is 37.9 Å². The van der Waals surface area contributed by atoms with E-state index >= 15 is 0 Å². The van der Waals surface area contributed by atoms with E-state index in [1.807, 2.05) is 24.3 Å². The Labute approximate surface area is 277 Å². The first-order chi connectivity index (χ1) is 23.1. The Morgan fingerprint density at radius 1 is 0.660 bits per heavy atom.